The number of hydrogen-bond acceptors (Lipinski definition) is 4. The molecule has 0 radical (unpaired) electrons. The van der Waals surface area contributed by atoms with E-state index in [1.165, 1.54) is 30.3 Å². The van der Waals surface area contributed by atoms with Gasteiger partial charge < -0.3 is 4.90 Å². The van der Waals surface area contributed by atoms with Crippen LogP contribution in [-0.2, 0) is 12.8 Å². The third-order valence-electron chi connectivity index (χ3n) is 3.58. The SMILES string of the molecule is CN(c1ccc2c(c1)CCC2)c1cc(C#N)ncn1. The smallest absolute Gasteiger partial charge is 0.145 e. The number of aryl methyl sites for hydroxylation is 2. The molecule has 0 spiro atoms. The summed E-state index contributed by atoms with van der Waals surface area (Å²) in [4.78, 5) is 10.1. The van der Waals surface area contributed by atoms with E-state index in [1.54, 1.807) is 6.07 Å². The topological polar surface area (TPSA) is 52.8 Å². The Labute approximate surface area is 112 Å². The van der Waals surface area contributed by atoms with Crippen molar-refractivity contribution in [2.75, 3.05) is 11.9 Å². The minimum atomic E-state index is 0.387. The standard InChI is InChI=1S/C15H14N4/c1-19(15-8-13(9-16)17-10-18-15)14-6-5-11-3-2-4-12(11)7-14/h5-8,10H,2-4H2,1H3. The van der Waals surface area contributed by atoms with Gasteiger partial charge in [0.15, 0.2) is 0 Å². The second-order valence-corrected chi connectivity index (χ2v) is 4.74. The van der Waals surface area contributed by atoms with Gasteiger partial charge in [0.05, 0.1) is 0 Å². The molecule has 1 aromatic carbocycles. The summed E-state index contributed by atoms with van der Waals surface area (Å²) in [6.45, 7) is 0. The molecule has 0 atom stereocenters. The predicted octanol–water partition coefficient (Wildman–Crippen LogP) is 2.60. The second-order valence-electron chi connectivity index (χ2n) is 4.74. The number of hydrogen-bond donors (Lipinski definition) is 0. The Morgan fingerprint density at radius 1 is 1.16 bits per heavy atom. The zero-order chi connectivity index (χ0) is 13.2. The molecule has 1 heterocycles. The van der Waals surface area contributed by atoms with Gasteiger partial charge in [0.1, 0.15) is 23.9 Å². The van der Waals surface area contributed by atoms with Gasteiger partial charge in [-0.05, 0) is 42.5 Å². The minimum Gasteiger partial charge on any atom is -0.329 e. The molecule has 0 amide bonds. The van der Waals surface area contributed by atoms with Gasteiger partial charge in [-0.1, -0.05) is 6.07 Å². The quantitative estimate of drug-likeness (QED) is 0.822. The third kappa shape index (κ3) is 2.15. The zero-order valence-electron chi connectivity index (χ0n) is 10.8. The fraction of sp³-hybridized carbons (Fsp3) is 0.267. The normalized spacial score (nSPS) is 12.8. The Balaban J connectivity index is 1.95. The van der Waals surface area contributed by atoms with E-state index in [9.17, 15) is 0 Å². The van der Waals surface area contributed by atoms with Crippen molar-refractivity contribution in [3.8, 4) is 6.07 Å². The molecule has 4 nitrogen and oxygen atoms in total. The van der Waals surface area contributed by atoms with E-state index in [0.29, 0.717) is 5.69 Å². The monoisotopic (exact) mass is 250 g/mol. The van der Waals surface area contributed by atoms with E-state index in [2.05, 4.69) is 28.2 Å². The van der Waals surface area contributed by atoms with E-state index in [-0.39, 0.29) is 0 Å². The lowest BCUT2D eigenvalue weighted by Crippen LogP contribution is -2.12. The number of benzene rings is 1. The lowest BCUT2D eigenvalue weighted by molar-refractivity contribution is 0.911. The first kappa shape index (κ1) is 11.7. The summed E-state index contributed by atoms with van der Waals surface area (Å²) in [5.74, 6) is 0.740. The molecule has 0 bridgehead atoms. The first-order chi connectivity index (χ1) is 9.28. The van der Waals surface area contributed by atoms with Crippen LogP contribution >= 0.6 is 0 Å². The van der Waals surface area contributed by atoms with E-state index in [1.807, 2.05) is 18.0 Å². The average molecular weight is 250 g/mol. The van der Waals surface area contributed by atoms with E-state index < -0.39 is 0 Å². The number of aromatic nitrogens is 2. The molecular weight excluding hydrogens is 236 g/mol. The van der Waals surface area contributed by atoms with E-state index in [4.69, 9.17) is 5.26 Å². The van der Waals surface area contributed by atoms with Crippen LogP contribution in [0.25, 0.3) is 0 Å². The molecule has 0 saturated carbocycles. The average Bonchev–Trinajstić information content (AvgIpc) is 2.94. The van der Waals surface area contributed by atoms with Gasteiger partial charge in [-0.2, -0.15) is 5.26 Å². The molecule has 1 aliphatic carbocycles. The van der Waals surface area contributed by atoms with Gasteiger partial charge in [0, 0.05) is 18.8 Å². The highest BCUT2D eigenvalue weighted by Crippen LogP contribution is 2.29. The molecule has 2 aromatic rings. The highest BCUT2D eigenvalue weighted by molar-refractivity contribution is 5.61. The van der Waals surface area contributed by atoms with E-state index >= 15 is 0 Å². The molecule has 19 heavy (non-hydrogen) atoms. The number of fused-ring (bicyclic) bond motifs is 1. The maximum Gasteiger partial charge on any atom is 0.145 e. The van der Waals surface area contributed by atoms with Gasteiger partial charge in [-0.25, -0.2) is 9.97 Å². The largest absolute Gasteiger partial charge is 0.329 e. The Morgan fingerprint density at radius 2 is 2.00 bits per heavy atom. The first-order valence-electron chi connectivity index (χ1n) is 6.35. The van der Waals surface area contributed by atoms with Crippen molar-refractivity contribution in [3.63, 3.8) is 0 Å². The molecule has 1 aliphatic rings. The number of anilines is 2. The maximum atomic E-state index is 8.88. The summed E-state index contributed by atoms with van der Waals surface area (Å²) in [5, 5.41) is 8.88. The van der Waals surface area contributed by atoms with Crippen LogP contribution in [0.3, 0.4) is 0 Å². The third-order valence-corrected chi connectivity index (χ3v) is 3.58. The van der Waals surface area contributed by atoms with Crippen LogP contribution in [0.2, 0.25) is 0 Å². The highest BCUT2D eigenvalue weighted by Gasteiger charge is 2.13. The summed E-state index contributed by atoms with van der Waals surface area (Å²) in [7, 11) is 1.96. The van der Waals surface area contributed by atoms with Crippen molar-refractivity contribution in [3.05, 3.63) is 47.4 Å². The summed E-state index contributed by atoms with van der Waals surface area (Å²) < 4.78 is 0. The van der Waals surface area contributed by atoms with Crippen molar-refractivity contribution in [2.45, 2.75) is 19.3 Å². The molecule has 4 heteroatoms. The Bertz CT molecular complexity index is 657. The first-order valence-corrected chi connectivity index (χ1v) is 6.35. The molecule has 3 rings (SSSR count). The molecular formula is C15H14N4. The van der Waals surface area contributed by atoms with Crippen molar-refractivity contribution in [1.82, 2.24) is 9.97 Å². The summed E-state index contributed by atoms with van der Waals surface area (Å²) in [6, 6.07) is 10.3. The molecule has 94 valence electrons. The van der Waals surface area contributed by atoms with Gasteiger partial charge in [-0.3, -0.25) is 0 Å². The van der Waals surface area contributed by atoms with Crippen LogP contribution < -0.4 is 4.90 Å². The molecule has 0 saturated heterocycles. The molecule has 0 unspecified atom stereocenters. The molecule has 0 N–H and O–H groups in total. The van der Waals surface area contributed by atoms with Crippen LogP contribution in [0.5, 0.6) is 0 Å². The zero-order valence-corrected chi connectivity index (χ0v) is 10.8. The lowest BCUT2D eigenvalue weighted by atomic mass is 10.1. The summed E-state index contributed by atoms with van der Waals surface area (Å²) >= 11 is 0. The fourth-order valence-electron chi connectivity index (χ4n) is 2.49. The number of rotatable bonds is 2. The van der Waals surface area contributed by atoms with Crippen molar-refractivity contribution >= 4 is 11.5 Å². The van der Waals surface area contributed by atoms with Gasteiger partial charge >= 0.3 is 0 Å². The van der Waals surface area contributed by atoms with Crippen LogP contribution in [0.4, 0.5) is 11.5 Å². The van der Waals surface area contributed by atoms with Gasteiger partial charge in [0.25, 0.3) is 0 Å². The number of nitriles is 1. The summed E-state index contributed by atoms with van der Waals surface area (Å²) in [5.41, 5.74) is 4.37. The molecule has 0 aliphatic heterocycles. The van der Waals surface area contributed by atoms with Crippen molar-refractivity contribution in [1.29, 1.82) is 5.26 Å². The second kappa shape index (κ2) is 4.69. The number of nitrogens with zero attached hydrogens (tertiary/aromatic N) is 4. The molecule has 1 aromatic heterocycles. The van der Waals surface area contributed by atoms with E-state index in [0.717, 1.165) is 17.9 Å². The summed E-state index contributed by atoms with van der Waals surface area (Å²) in [6.07, 6.45) is 5.02. The molecule has 0 fully saturated rings. The van der Waals surface area contributed by atoms with Crippen LogP contribution in [0, 0.1) is 11.3 Å². The Hall–Kier alpha value is -2.41. The van der Waals surface area contributed by atoms with Gasteiger partial charge in [0.2, 0.25) is 0 Å². The van der Waals surface area contributed by atoms with Crippen LogP contribution in [-0.4, -0.2) is 17.0 Å². The van der Waals surface area contributed by atoms with Crippen molar-refractivity contribution < 1.29 is 0 Å². The minimum absolute atomic E-state index is 0.387. The Morgan fingerprint density at radius 3 is 2.84 bits per heavy atom. The van der Waals surface area contributed by atoms with Gasteiger partial charge in [-0.15, -0.1) is 0 Å². The maximum absolute atomic E-state index is 8.88. The van der Waals surface area contributed by atoms with Crippen LogP contribution in [0.15, 0.2) is 30.6 Å². The van der Waals surface area contributed by atoms with Crippen LogP contribution in [0.1, 0.15) is 23.2 Å². The predicted molar refractivity (Wildman–Crippen MR) is 73.3 cm³/mol. The van der Waals surface area contributed by atoms with Crippen molar-refractivity contribution in [2.24, 2.45) is 0 Å². The fourth-order valence-corrected chi connectivity index (χ4v) is 2.49. The lowest BCUT2D eigenvalue weighted by Gasteiger charge is -2.19. The Kier molecular flexibility index (Phi) is 2.88. The highest BCUT2D eigenvalue weighted by atomic mass is 15.2.